The molecule has 5 nitrogen and oxygen atoms in total. The molecule has 53 heavy (non-hydrogen) atoms. The van der Waals surface area contributed by atoms with Crippen LogP contribution in [0.5, 0.6) is 0 Å². The summed E-state index contributed by atoms with van der Waals surface area (Å²) in [5.41, 5.74) is 14.7. The summed E-state index contributed by atoms with van der Waals surface area (Å²) in [6.45, 7) is 6.66. The molecule has 0 unspecified atom stereocenters. The minimum atomic E-state index is -0.0394. The summed E-state index contributed by atoms with van der Waals surface area (Å²) in [5, 5.41) is 0. The van der Waals surface area contributed by atoms with Crippen LogP contribution in [0.2, 0.25) is 0 Å². The first-order valence-electron chi connectivity index (χ1n) is 17.7. The standard InChI is InChI=1S/C28H21BN3.C17H17N2S.Ir/c1-31-26-18-9-8-15-25(26)28-30-19-20-32(28)29(31)27-23(21-11-4-2-5-12-21)16-10-17-24(27)22-13-6-3-7-14-22;1-17(2)11-6-4-8-13-15(11)19(10-18(13)3)16-12(17)7-5-9-14(16)20;/h2-14,16-20H,1H3;4-10,20H,1-3H3;/q2*-1;+3/p-1. The quantitative estimate of drug-likeness (QED) is 0.100. The summed E-state index contributed by atoms with van der Waals surface area (Å²) in [4.78, 5) is 12.4. The van der Waals surface area contributed by atoms with E-state index in [0.29, 0.717) is 0 Å². The van der Waals surface area contributed by atoms with Crippen LogP contribution in [0, 0.1) is 12.7 Å². The minimum absolute atomic E-state index is 0. The molecule has 0 bridgehead atoms. The van der Waals surface area contributed by atoms with Crippen LogP contribution in [-0.2, 0) is 38.1 Å². The molecule has 6 aromatic carbocycles. The van der Waals surface area contributed by atoms with Crippen molar-refractivity contribution in [3.05, 3.63) is 170 Å². The predicted octanol–water partition coefficient (Wildman–Crippen LogP) is 9.31. The van der Waals surface area contributed by atoms with E-state index >= 15 is 0 Å². The van der Waals surface area contributed by atoms with E-state index in [1.54, 1.807) is 0 Å². The Bertz CT molecular complexity index is 2390. The smallest absolute Gasteiger partial charge is 0.778 e. The largest absolute Gasteiger partial charge is 3.00 e. The van der Waals surface area contributed by atoms with Crippen molar-refractivity contribution in [3.8, 4) is 33.6 Å². The van der Waals surface area contributed by atoms with Gasteiger partial charge in [-0.3, -0.25) is 4.98 Å². The van der Waals surface area contributed by atoms with Crippen molar-refractivity contribution in [2.45, 2.75) is 24.2 Å². The van der Waals surface area contributed by atoms with E-state index < -0.39 is 0 Å². The average molecular weight is 883 g/mol. The summed E-state index contributed by atoms with van der Waals surface area (Å²) in [7, 11) is 4.25. The fraction of sp³-hybridized carbons (Fsp3) is 0.111. The van der Waals surface area contributed by atoms with Crippen LogP contribution in [0.1, 0.15) is 25.0 Å². The molecule has 0 radical (unpaired) electrons. The van der Waals surface area contributed by atoms with E-state index in [1.807, 2.05) is 24.4 Å². The van der Waals surface area contributed by atoms with Crippen molar-refractivity contribution in [3.63, 3.8) is 0 Å². The molecule has 0 amide bonds. The average Bonchev–Trinajstić information content (AvgIpc) is 3.80. The molecule has 10 rings (SSSR count). The van der Waals surface area contributed by atoms with Crippen LogP contribution in [0.15, 0.2) is 151 Å². The number of nitrogens with zero attached hydrogens (tertiary/aromatic N) is 5. The molecule has 0 saturated carbocycles. The second-order valence-electron chi connectivity index (χ2n) is 14.1. The summed E-state index contributed by atoms with van der Waals surface area (Å²) < 4.78 is 2.27. The molecule has 3 aliphatic heterocycles. The van der Waals surface area contributed by atoms with Gasteiger partial charge in [0.1, 0.15) is 0 Å². The molecule has 0 atom stereocenters. The third-order valence-corrected chi connectivity index (χ3v) is 11.1. The van der Waals surface area contributed by atoms with Crippen LogP contribution in [-0.4, -0.2) is 30.5 Å². The summed E-state index contributed by atoms with van der Waals surface area (Å²) in [6, 6.07) is 50.3. The Morgan fingerprint density at radius 1 is 0.698 bits per heavy atom. The zero-order valence-electron chi connectivity index (χ0n) is 30.0. The first-order valence-corrected chi connectivity index (χ1v) is 18.1. The molecule has 0 saturated heterocycles. The molecule has 8 heteroatoms. The van der Waals surface area contributed by atoms with Gasteiger partial charge in [0.05, 0.1) is 0 Å². The van der Waals surface area contributed by atoms with Gasteiger partial charge in [0.2, 0.25) is 0 Å². The zero-order valence-corrected chi connectivity index (χ0v) is 33.2. The summed E-state index contributed by atoms with van der Waals surface area (Å²) in [5.74, 6) is 0.950. The molecule has 0 spiro atoms. The third-order valence-electron chi connectivity index (χ3n) is 10.8. The topological polar surface area (TPSA) is 27.5 Å². The molecular weight excluding hydrogens is 846 g/mol. The van der Waals surface area contributed by atoms with Crippen LogP contribution in [0.3, 0.4) is 0 Å². The van der Waals surface area contributed by atoms with Crippen molar-refractivity contribution in [2.75, 3.05) is 28.7 Å². The monoisotopic (exact) mass is 883 g/mol. The molecular formula is C45H37BIrN5S. The molecule has 1 aromatic heterocycles. The van der Waals surface area contributed by atoms with Crippen molar-refractivity contribution in [1.29, 1.82) is 0 Å². The molecule has 0 aliphatic carbocycles. The van der Waals surface area contributed by atoms with Gasteiger partial charge < -0.3 is 31.7 Å². The van der Waals surface area contributed by atoms with E-state index in [2.05, 4.69) is 181 Å². The zero-order chi connectivity index (χ0) is 35.6. The number of aromatic nitrogens is 2. The number of benzene rings is 6. The first kappa shape index (κ1) is 34.9. The SMILES string of the molecule is CN1B(c2c(-c3ccccc3)cccc2-c2ccccc2)n2ccnc2-c2[c-]cccc21.CN1[CH-]N2c3c([S-])cccc3C(C)(C)c3cccc1c32.[Ir+3]. The van der Waals surface area contributed by atoms with Gasteiger partial charge in [-0.1, -0.05) is 134 Å². The Balaban J connectivity index is 0.000000164. The van der Waals surface area contributed by atoms with Gasteiger partial charge in [-0.25, -0.2) is 0 Å². The third kappa shape index (κ3) is 5.59. The Morgan fingerprint density at radius 2 is 1.30 bits per heavy atom. The van der Waals surface area contributed by atoms with Crippen LogP contribution >= 0.6 is 0 Å². The fourth-order valence-electron chi connectivity index (χ4n) is 8.29. The number of rotatable bonds is 3. The van der Waals surface area contributed by atoms with Crippen LogP contribution < -0.4 is 20.1 Å². The fourth-order valence-corrected chi connectivity index (χ4v) is 8.58. The molecule has 7 aromatic rings. The maximum absolute atomic E-state index is 5.60. The molecule has 0 fully saturated rings. The van der Waals surface area contributed by atoms with Crippen LogP contribution in [0.25, 0.3) is 33.6 Å². The first-order chi connectivity index (χ1) is 25.3. The van der Waals surface area contributed by atoms with Gasteiger partial charge >= 0.3 is 27.1 Å². The van der Waals surface area contributed by atoms with Gasteiger partial charge in [0, 0.05) is 35.0 Å². The number of imidazole rings is 1. The summed E-state index contributed by atoms with van der Waals surface area (Å²) in [6.07, 6.45) is 3.97. The van der Waals surface area contributed by atoms with E-state index in [0.717, 1.165) is 27.7 Å². The summed E-state index contributed by atoms with van der Waals surface area (Å²) >= 11 is 5.60. The van der Waals surface area contributed by atoms with Crippen molar-refractivity contribution in [2.24, 2.45) is 0 Å². The molecule has 0 N–H and O–H groups in total. The van der Waals surface area contributed by atoms with Gasteiger partial charge in [0.15, 0.2) is 0 Å². The maximum atomic E-state index is 5.60. The number of hydrogen-bond donors (Lipinski definition) is 0. The van der Waals surface area contributed by atoms with Gasteiger partial charge in [0.25, 0.3) is 0 Å². The molecule has 260 valence electrons. The van der Waals surface area contributed by atoms with E-state index in [1.165, 1.54) is 50.2 Å². The second-order valence-corrected chi connectivity index (χ2v) is 14.6. The van der Waals surface area contributed by atoms with Crippen molar-refractivity contribution in [1.82, 2.24) is 9.46 Å². The van der Waals surface area contributed by atoms with Crippen LogP contribution in [0.4, 0.5) is 22.7 Å². The van der Waals surface area contributed by atoms with Crippen molar-refractivity contribution >= 4 is 47.8 Å². The van der Waals surface area contributed by atoms with E-state index in [-0.39, 0.29) is 32.5 Å². The normalized spacial score (nSPS) is 14.3. The Hall–Kier alpha value is -5.14. The van der Waals surface area contributed by atoms with Crippen molar-refractivity contribution < 1.29 is 20.1 Å². The number of anilines is 4. The molecule has 4 heterocycles. The Labute approximate surface area is 331 Å². The van der Waals surface area contributed by atoms with Gasteiger partial charge in [-0.05, 0) is 64.7 Å². The molecule has 3 aliphatic rings. The number of fused-ring (bicyclic) bond motifs is 5. The van der Waals surface area contributed by atoms with E-state index in [4.69, 9.17) is 17.6 Å². The van der Waals surface area contributed by atoms with Gasteiger partial charge in [-0.15, -0.1) is 24.3 Å². The minimum Gasteiger partial charge on any atom is -0.778 e. The van der Waals surface area contributed by atoms with Gasteiger partial charge in [-0.2, -0.15) is 11.6 Å². The Kier molecular flexibility index (Phi) is 9.02. The maximum Gasteiger partial charge on any atom is 3.00 e. The van der Waals surface area contributed by atoms with E-state index in [9.17, 15) is 0 Å². The predicted molar refractivity (Wildman–Crippen MR) is 218 cm³/mol. The second kappa shape index (κ2) is 13.7. The number of para-hydroxylation sites is 2. The Morgan fingerprint density at radius 3 is 1.98 bits per heavy atom. The number of hydrogen-bond acceptors (Lipinski definition) is 5.